The molecule has 3 fully saturated rings. The molecule has 18 atom stereocenters. The second-order valence-corrected chi connectivity index (χ2v) is 34.0. The van der Waals surface area contributed by atoms with E-state index < -0.39 is 108 Å². The number of hydrogen-bond donors (Lipinski definition) is 5. The van der Waals surface area contributed by atoms with Crippen molar-refractivity contribution in [1.82, 2.24) is 9.80 Å². The first-order valence-corrected chi connectivity index (χ1v) is 34.7. The number of cyclic esters (lactones) is 1. The predicted octanol–water partition coefficient (Wildman–Crippen LogP) is 9.28. The van der Waals surface area contributed by atoms with E-state index in [-0.39, 0.29) is 50.3 Å². The minimum atomic E-state index is -3.68. The molecule has 3 aromatic carbocycles. The van der Waals surface area contributed by atoms with Gasteiger partial charge in [0.15, 0.2) is 12.6 Å². The molecule has 6 rings (SSSR count). The van der Waals surface area contributed by atoms with E-state index in [9.17, 15) is 30.3 Å². The molecular formula is C68H108ClN2O13P. The van der Waals surface area contributed by atoms with Crippen molar-refractivity contribution in [2.45, 2.75) is 259 Å². The maximum absolute atomic E-state index is 15.0. The van der Waals surface area contributed by atoms with Gasteiger partial charge in [-0.3, -0.25) is 4.79 Å². The van der Waals surface area contributed by atoms with Crippen LogP contribution in [0.15, 0.2) is 54.6 Å². The van der Waals surface area contributed by atoms with Crippen LogP contribution in [0.3, 0.4) is 0 Å². The molecule has 0 unspecified atom stereocenters. The summed E-state index contributed by atoms with van der Waals surface area (Å²) >= 11 is 8.79. The molecule has 0 radical (unpaired) electrons. The first-order valence-electron chi connectivity index (χ1n) is 31.3. The van der Waals surface area contributed by atoms with Crippen molar-refractivity contribution >= 4 is 45.0 Å². The molecule has 0 bridgehead atoms. The van der Waals surface area contributed by atoms with Crippen LogP contribution in [0.5, 0.6) is 0 Å². The van der Waals surface area contributed by atoms with Crippen LogP contribution < -0.4 is 15.9 Å². The summed E-state index contributed by atoms with van der Waals surface area (Å²) < 4.78 is 38.5. The normalized spacial score (nSPS) is 35.4. The summed E-state index contributed by atoms with van der Waals surface area (Å²) in [6.07, 6.45) is -6.09. The molecule has 0 saturated carbocycles. The molecule has 85 heavy (non-hydrogen) atoms. The standard InChI is InChI=1S/C68H108ClN2O13P/c1-20-56-68(16,78)61(74)50(12)71(57(72)25-23-21-22-24-26-85(69,52-30-40(2)27-41(3)31-52,53-32-42(4)28-43(5)33-53)54-34-44(6)29-45(7)35-54)39-46(8)37-66(14,77)63(84-65-59(73)55(70(17)18)36-47(9)80-65)48(10)60(49(11)64(76)82-56)83-58-38-67(15,79-19)62(75)51(13)81-58/h27-35,46-51,55-56,58-63,65,73-75,77-78H,20-26,36-39H2,1-19H3/t46-,47-,48+,49-,50-,51+,55+,56-,58+,59-,60+,61-,62+,63-,65+,66-,67-,68-/m1/s1. The van der Waals surface area contributed by atoms with Crippen molar-refractivity contribution in [2.75, 3.05) is 33.9 Å². The first-order chi connectivity index (χ1) is 39.5. The number of esters is 1. The van der Waals surface area contributed by atoms with E-state index in [2.05, 4.69) is 96.1 Å². The Bertz CT molecular complexity index is 2550. The number of benzene rings is 3. The summed E-state index contributed by atoms with van der Waals surface area (Å²) in [6.45, 7) is 30.2. The van der Waals surface area contributed by atoms with E-state index in [0.29, 0.717) is 19.0 Å². The van der Waals surface area contributed by atoms with Crippen molar-refractivity contribution in [3.63, 3.8) is 0 Å². The number of halogens is 1. The van der Waals surface area contributed by atoms with Crippen LogP contribution in [-0.4, -0.2) is 171 Å². The van der Waals surface area contributed by atoms with Crippen LogP contribution in [0.2, 0.25) is 0 Å². The van der Waals surface area contributed by atoms with Crippen molar-refractivity contribution < 1.29 is 63.5 Å². The first kappa shape index (κ1) is 71.0. The second kappa shape index (κ2) is 28.4. The van der Waals surface area contributed by atoms with Crippen molar-refractivity contribution in [3.05, 3.63) is 88.0 Å². The van der Waals surface area contributed by atoms with Gasteiger partial charge in [0.25, 0.3) is 0 Å². The van der Waals surface area contributed by atoms with Crippen molar-refractivity contribution in [1.29, 1.82) is 0 Å². The molecule has 0 spiro atoms. The number of carbonyl (C=O) groups excluding carboxylic acids is 2. The summed E-state index contributed by atoms with van der Waals surface area (Å²) in [7, 11) is 5.26. The van der Waals surface area contributed by atoms with Gasteiger partial charge in [-0.05, 0) is 61.6 Å². The molecule has 3 aliphatic rings. The monoisotopic (exact) mass is 1230 g/mol. The molecule has 3 aliphatic heterocycles. The van der Waals surface area contributed by atoms with Crippen LogP contribution in [-0.2, 0) is 38.0 Å². The number of carbonyl (C=O) groups is 2. The number of ether oxygens (including phenoxy) is 6. The second-order valence-electron chi connectivity index (χ2n) is 27.4. The van der Waals surface area contributed by atoms with Gasteiger partial charge in [-0.15, -0.1) is 0 Å². The Morgan fingerprint density at radius 3 is 1.73 bits per heavy atom. The Kier molecular flexibility index (Phi) is 23.7. The zero-order valence-corrected chi connectivity index (χ0v) is 56.5. The SMILES string of the molecule is CC[C@H]1OC(=O)[C@H](C)[C@@H](O[C@H]2C[C@@](C)(OC)[C@@H](O)[C@H](C)O2)[C@H](C)[C@@H](O[C@@H]2O[C@H](C)C[C@H](N(C)C)[C@H]2O)[C@](C)(O)C[C@@H](C)CN(C(=O)CCCCCCP(Cl)(c2cc(C)cc(C)c2)(c2cc(C)cc(C)c2)c2cc(C)cc(C)c2)[C@H](C)[C@@H](O)[C@]1(C)O. The van der Waals surface area contributed by atoms with Gasteiger partial charge in [0.1, 0.15) is 12.2 Å². The zero-order valence-electron chi connectivity index (χ0n) is 54.9. The average molecular weight is 1230 g/mol. The van der Waals surface area contributed by atoms with Gasteiger partial charge in [-0.1, -0.05) is 13.8 Å². The van der Waals surface area contributed by atoms with E-state index in [1.54, 1.807) is 53.4 Å². The van der Waals surface area contributed by atoms with E-state index in [1.165, 1.54) is 14.0 Å². The number of methoxy groups -OCH3 is 1. The molecule has 0 aromatic heterocycles. The number of nitrogens with zero attached hydrogens (tertiary/aromatic N) is 2. The number of likely N-dealkylation sites (N-methyl/N-ethyl adjacent to an activating group) is 1. The zero-order chi connectivity index (χ0) is 63.5. The Morgan fingerprint density at radius 2 is 1.25 bits per heavy atom. The molecule has 480 valence electrons. The van der Waals surface area contributed by atoms with Gasteiger partial charge >= 0.3 is 302 Å². The minimum absolute atomic E-state index is 0.0420. The fraction of sp³-hybridized carbons (Fsp3) is 0.706. The van der Waals surface area contributed by atoms with E-state index in [4.69, 9.17) is 39.7 Å². The number of rotatable bonds is 17. The summed E-state index contributed by atoms with van der Waals surface area (Å²) in [5.41, 5.74) is 2.04. The summed E-state index contributed by atoms with van der Waals surface area (Å²) in [5.74, 6) is -7.11. The van der Waals surface area contributed by atoms with Gasteiger partial charge in [-0.25, -0.2) is 0 Å². The van der Waals surface area contributed by atoms with E-state index >= 15 is 4.79 Å². The maximum atomic E-state index is 15.0. The molecule has 15 nitrogen and oxygen atoms in total. The number of hydrogen-bond acceptors (Lipinski definition) is 14. The molecule has 17 heteroatoms. The van der Waals surface area contributed by atoms with Crippen LogP contribution >= 0.6 is 17.2 Å². The summed E-state index contributed by atoms with van der Waals surface area (Å²) in [4.78, 5) is 33.4. The van der Waals surface area contributed by atoms with Gasteiger partial charge in [-0.2, -0.15) is 0 Å². The van der Waals surface area contributed by atoms with E-state index in [0.717, 1.165) is 68.6 Å². The third-order valence-corrected chi connectivity index (χ3v) is 26.6. The summed E-state index contributed by atoms with van der Waals surface area (Å²) in [6, 6.07) is 18.9. The molecule has 3 saturated heterocycles. The number of aliphatic hydroxyl groups is 5. The third-order valence-electron chi connectivity index (χ3n) is 19.2. The van der Waals surface area contributed by atoms with Crippen LogP contribution in [0, 0.1) is 59.3 Å². The molecular weight excluding hydrogens is 1120 g/mol. The number of unbranched alkanes of at least 4 members (excludes halogenated alkanes) is 3. The van der Waals surface area contributed by atoms with E-state index in [1.807, 2.05) is 32.8 Å². The molecule has 3 aromatic rings. The summed E-state index contributed by atoms with van der Waals surface area (Å²) in [5, 5.41) is 64.5. The number of aryl methyl sites for hydroxylation is 6. The quantitative estimate of drug-likeness (QED) is 0.0487. The Balaban J connectivity index is 1.33. The molecule has 5 N–H and O–H groups in total. The third kappa shape index (κ3) is 15.7. The topological polar surface area (TPSA) is 197 Å². The number of aliphatic hydroxyl groups excluding tert-OH is 3. The van der Waals surface area contributed by atoms with Gasteiger partial charge in [0, 0.05) is 25.5 Å². The van der Waals surface area contributed by atoms with Crippen molar-refractivity contribution in [2.24, 2.45) is 17.8 Å². The predicted molar refractivity (Wildman–Crippen MR) is 341 cm³/mol. The molecule has 1 amide bonds. The Hall–Kier alpha value is -3.12. The van der Waals surface area contributed by atoms with Crippen LogP contribution in [0.25, 0.3) is 0 Å². The molecule has 3 heterocycles. The van der Waals surface area contributed by atoms with Crippen LogP contribution in [0.1, 0.15) is 160 Å². The number of amides is 1. The van der Waals surface area contributed by atoms with Gasteiger partial charge in [0.05, 0.1) is 35.9 Å². The van der Waals surface area contributed by atoms with Gasteiger partial charge in [0.2, 0.25) is 0 Å². The Labute approximate surface area is 514 Å². The fourth-order valence-electron chi connectivity index (χ4n) is 14.5. The molecule has 0 aliphatic carbocycles. The van der Waals surface area contributed by atoms with Gasteiger partial charge < -0.3 is 48.6 Å². The fourth-order valence-corrected chi connectivity index (χ4v) is 21.1. The average Bonchev–Trinajstić information content (AvgIpc) is 0.777. The van der Waals surface area contributed by atoms with Crippen LogP contribution in [0.4, 0.5) is 0 Å². The van der Waals surface area contributed by atoms with Crippen molar-refractivity contribution in [3.8, 4) is 0 Å². The Morgan fingerprint density at radius 1 is 0.741 bits per heavy atom.